The van der Waals surface area contributed by atoms with Gasteiger partial charge in [-0.15, -0.1) is 0 Å². The summed E-state index contributed by atoms with van der Waals surface area (Å²) < 4.78 is 47.1. The molecule has 2 rings (SSSR count). The molecule has 1 aromatic carbocycles. The minimum atomic E-state index is -6.10. The fourth-order valence-electron chi connectivity index (χ4n) is 2.18. The van der Waals surface area contributed by atoms with Gasteiger partial charge in [0.15, 0.2) is 0 Å². The van der Waals surface area contributed by atoms with Crippen LogP contribution in [0.2, 0.25) is 0 Å². The van der Waals surface area contributed by atoms with E-state index in [0.717, 1.165) is 4.90 Å². The Labute approximate surface area is 228 Å². The minimum absolute atomic E-state index is 0. The van der Waals surface area contributed by atoms with Crippen molar-refractivity contribution in [2.75, 3.05) is 13.7 Å². The van der Waals surface area contributed by atoms with Crippen molar-refractivity contribution in [2.45, 2.75) is 24.7 Å². The van der Waals surface area contributed by atoms with Gasteiger partial charge in [-0.05, 0) is 17.7 Å². The van der Waals surface area contributed by atoms with Gasteiger partial charge in [-0.3, -0.25) is 4.90 Å². The van der Waals surface area contributed by atoms with Crippen molar-refractivity contribution in [3.8, 4) is 5.75 Å². The van der Waals surface area contributed by atoms with Crippen LogP contribution in [0.15, 0.2) is 24.3 Å². The predicted octanol–water partition coefficient (Wildman–Crippen LogP) is -5.08. The molecule has 1 aliphatic heterocycles. The number of halogens is 2. The third-order valence-electron chi connectivity index (χ3n) is 3.47. The monoisotopic (exact) mass is 427 g/mol. The van der Waals surface area contributed by atoms with Gasteiger partial charge in [0, 0.05) is 20.6 Å². The first-order valence-electron chi connectivity index (χ1n) is 6.60. The molecule has 12 heteroatoms. The standard InChI is InChI=1S/C13H16F2NO6P.2K/c1-21-11-4-2-9(3-5-11)7-16-10(8-22-12(16)17)6-13(14,15)23(18,19)20;;/h2-5,10H,6-8H2,1H3,(H2,18,19,20);;/q;2*+1/p-2/t10-;;/m0../s1. The molecule has 0 N–H and O–H groups in total. The number of hydrogen-bond acceptors (Lipinski definition) is 6. The number of amides is 1. The van der Waals surface area contributed by atoms with Crippen molar-refractivity contribution in [2.24, 2.45) is 0 Å². The van der Waals surface area contributed by atoms with Crippen molar-refractivity contribution >= 4 is 13.7 Å². The summed E-state index contributed by atoms with van der Waals surface area (Å²) in [6, 6.07) is 5.32. The maximum atomic E-state index is 13.4. The normalized spacial score (nSPS) is 17.4. The Morgan fingerprint density at radius 3 is 2.36 bits per heavy atom. The molecule has 0 saturated carbocycles. The average molecular weight is 427 g/mol. The Morgan fingerprint density at radius 1 is 1.32 bits per heavy atom. The van der Waals surface area contributed by atoms with Crippen LogP contribution < -0.4 is 117 Å². The molecule has 1 aliphatic rings. The van der Waals surface area contributed by atoms with Gasteiger partial charge >= 0.3 is 109 Å². The van der Waals surface area contributed by atoms with Crippen LogP contribution in [-0.4, -0.2) is 36.4 Å². The number of cyclic esters (lactones) is 1. The zero-order chi connectivity index (χ0) is 17.3. The van der Waals surface area contributed by atoms with E-state index in [1.165, 1.54) is 7.11 Å². The molecule has 1 amide bonds. The maximum Gasteiger partial charge on any atom is 1.00 e. The fraction of sp³-hybridized carbons (Fsp3) is 0.462. The zero-order valence-electron chi connectivity index (χ0n) is 14.1. The Bertz CT molecular complexity index is 627. The van der Waals surface area contributed by atoms with E-state index in [1.54, 1.807) is 24.3 Å². The molecule has 0 unspecified atom stereocenters. The molecular weight excluding hydrogens is 413 g/mol. The Balaban J connectivity index is 0.00000288. The Hall–Kier alpha value is 1.57. The van der Waals surface area contributed by atoms with Crippen molar-refractivity contribution in [1.82, 2.24) is 4.90 Å². The molecule has 0 spiro atoms. The second kappa shape index (κ2) is 10.9. The van der Waals surface area contributed by atoms with Gasteiger partial charge in [-0.1, -0.05) is 12.1 Å². The van der Waals surface area contributed by atoms with Crippen molar-refractivity contribution in [1.29, 1.82) is 0 Å². The largest absolute Gasteiger partial charge is 1.00 e. The zero-order valence-corrected chi connectivity index (χ0v) is 21.2. The molecule has 128 valence electrons. The van der Waals surface area contributed by atoms with E-state index in [1.807, 2.05) is 0 Å². The summed E-state index contributed by atoms with van der Waals surface area (Å²) in [5.41, 5.74) is -3.82. The molecule has 1 atom stereocenters. The van der Waals surface area contributed by atoms with Gasteiger partial charge in [0.05, 0.1) is 13.2 Å². The second-order valence-electron chi connectivity index (χ2n) is 5.07. The maximum absolute atomic E-state index is 13.4. The van der Waals surface area contributed by atoms with Gasteiger partial charge in [0.2, 0.25) is 0 Å². The average Bonchev–Trinajstić information content (AvgIpc) is 2.79. The summed E-state index contributed by atoms with van der Waals surface area (Å²) in [6.07, 6.45) is -2.13. The number of nitrogens with zero attached hydrogens (tertiary/aromatic N) is 1. The van der Waals surface area contributed by atoms with Crippen LogP contribution in [0.5, 0.6) is 5.75 Å². The second-order valence-corrected chi connectivity index (χ2v) is 6.72. The van der Waals surface area contributed by atoms with E-state index in [9.17, 15) is 27.9 Å². The number of ether oxygens (including phenoxy) is 2. The molecule has 0 radical (unpaired) electrons. The van der Waals surface area contributed by atoms with Crippen molar-refractivity contribution in [3.05, 3.63) is 29.8 Å². The molecule has 1 aromatic rings. The molecule has 0 bridgehead atoms. The molecule has 1 heterocycles. The molecule has 25 heavy (non-hydrogen) atoms. The number of methoxy groups -OCH3 is 1. The van der Waals surface area contributed by atoms with Crippen LogP contribution in [0.1, 0.15) is 12.0 Å². The van der Waals surface area contributed by atoms with Gasteiger partial charge in [0.1, 0.15) is 12.4 Å². The molecule has 0 aliphatic carbocycles. The van der Waals surface area contributed by atoms with E-state index in [-0.39, 0.29) is 109 Å². The molecule has 7 nitrogen and oxygen atoms in total. The van der Waals surface area contributed by atoms with Crippen LogP contribution in [0.4, 0.5) is 13.6 Å². The third kappa shape index (κ3) is 7.15. The summed E-state index contributed by atoms with van der Waals surface area (Å²) in [6.45, 7) is -0.448. The number of carbonyl (C=O) groups is 1. The minimum Gasteiger partial charge on any atom is -0.807 e. The molecule has 0 aromatic heterocycles. The van der Waals surface area contributed by atoms with Crippen LogP contribution in [0.3, 0.4) is 0 Å². The predicted molar refractivity (Wildman–Crippen MR) is 70.8 cm³/mol. The SMILES string of the molecule is COc1ccc(CN2C(=O)OC[C@@H]2CC(F)(F)P(=O)([O-])[O-])cc1.[K+].[K+]. The number of rotatable bonds is 6. The molecular formula is C13H14F2K2NO6P. The topological polar surface area (TPSA) is 102 Å². The summed E-state index contributed by atoms with van der Waals surface area (Å²) in [7, 11) is -4.62. The Kier molecular flexibility index (Phi) is 11.6. The summed E-state index contributed by atoms with van der Waals surface area (Å²) in [5.74, 6) is 0.583. The van der Waals surface area contributed by atoms with Crippen LogP contribution in [-0.2, 0) is 15.8 Å². The van der Waals surface area contributed by atoms with Gasteiger partial charge in [0.25, 0.3) is 5.66 Å². The van der Waals surface area contributed by atoms with E-state index >= 15 is 0 Å². The van der Waals surface area contributed by atoms with E-state index in [4.69, 9.17) is 4.74 Å². The van der Waals surface area contributed by atoms with Crippen LogP contribution in [0.25, 0.3) is 0 Å². The smallest absolute Gasteiger partial charge is 0.807 e. The number of carbonyl (C=O) groups excluding carboxylic acids is 1. The first-order valence-corrected chi connectivity index (χ1v) is 8.14. The van der Waals surface area contributed by atoms with Crippen LogP contribution >= 0.6 is 7.60 Å². The van der Waals surface area contributed by atoms with Gasteiger partial charge < -0.3 is 23.8 Å². The fourth-order valence-corrected chi connectivity index (χ4v) is 2.61. The van der Waals surface area contributed by atoms with Gasteiger partial charge in [-0.25, -0.2) is 13.6 Å². The summed E-state index contributed by atoms with van der Waals surface area (Å²) >= 11 is 0. The van der Waals surface area contributed by atoms with Crippen molar-refractivity contribution < 1.29 is 140 Å². The quantitative estimate of drug-likeness (QED) is 0.333. The Morgan fingerprint density at radius 2 is 1.88 bits per heavy atom. The third-order valence-corrected chi connectivity index (χ3v) is 4.45. The van der Waals surface area contributed by atoms with Gasteiger partial charge in [-0.2, -0.15) is 0 Å². The number of hydrogen-bond donors (Lipinski definition) is 0. The van der Waals surface area contributed by atoms with E-state index in [2.05, 4.69) is 4.74 Å². The number of alkyl halides is 2. The van der Waals surface area contributed by atoms with E-state index < -0.39 is 38.4 Å². The molecule has 1 fully saturated rings. The summed E-state index contributed by atoms with van der Waals surface area (Å²) in [4.78, 5) is 33.9. The molecule has 1 saturated heterocycles. The first kappa shape index (κ1) is 26.6. The van der Waals surface area contributed by atoms with Crippen LogP contribution in [0, 0.1) is 0 Å². The van der Waals surface area contributed by atoms with Crippen molar-refractivity contribution in [3.63, 3.8) is 0 Å². The number of benzene rings is 1. The van der Waals surface area contributed by atoms with E-state index in [0.29, 0.717) is 11.3 Å². The first-order chi connectivity index (χ1) is 10.6. The summed E-state index contributed by atoms with van der Waals surface area (Å²) in [5, 5.41) is 0.